The summed E-state index contributed by atoms with van der Waals surface area (Å²) in [5.41, 5.74) is 3.31. The molecule has 0 spiro atoms. The maximum Gasteiger partial charge on any atom is 0.311 e. The van der Waals surface area contributed by atoms with Crippen molar-refractivity contribution in [2.45, 2.75) is 19.8 Å². The summed E-state index contributed by atoms with van der Waals surface area (Å²) in [5, 5.41) is 0.797. The second-order valence-electron chi connectivity index (χ2n) is 7.20. The predicted octanol–water partition coefficient (Wildman–Crippen LogP) is 3.51. The normalized spacial score (nSPS) is 16.4. The number of aromatic nitrogens is 1. The zero-order valence-corrected chi connectivity index (χ0v) is 16.2. The van der Waals surface area contributed by atoms with E-state index in [4.69, 9.17) is 4.74 Å². The first kappa shape index (κ1) is 18.9. The van der Waals surface area contributed by atoms with E-state index in [2.05, 4.69) is 11.9 Å². The van der Waals surface area contributed by atoms with Crippen molar-refractivity contribution in [1.82, 2.24) is 4.98 Å². The third-order valence-electron chi connectivity index (χ3n) is 5.35. The molecule has 0 radical (unpaired) electrons. The fraction of sp³-hybridized carbons (Fsp3) is 0.261. The van der Waals surface area contributed by atoms with Gasteiger partial charge in [0, 0.05) is 41.3 Å². The van der Waals surface area contributed by atoms with Gasteiger partial charge in [0.05, 0.1) is 5.92 Å². The molecule has 1 aliphatic heterocycles. The fourth-order valence-corrected chi connectivity index (χ4v) is 3.66. The Morgan fingerprint density at radius 2 is 1.90 bits per heavy atom. The van der Waals surface area contributed by atoms with Crippen molar-refractivity contribution < 1.29 is 19.1 Å². The lowest BCUT2D eigenvalue weighted by atomic mass is 10.1. The van der Waals surface area contributed by atoms with Gasteiger partial charge < -0.3 is 14.6 Å². The van der Waals surface area contributed by atoms with Crippen molar-refractivity contribution in [3.05, 3.63) is 65.9 Å². The third kappa shape index (κ3) is 3.78. The van der Waals surface area contributed by atoms with Crippen molar-refractivity contribution >= 4 is 34.3 Å². The Morgan fingerprint density at radius 3 is 2.66 bits per heavy atom. The first-order chi connectivity index (χ1) is 14.1. The maximum absolute atomic E-state index is 12.5. The molecule has 0 aliphatic carbocycles. The molecule has 0 saturated carbocycles. The Bertz CT molecular complexity index is 1070. The van der Waals surface area contributed by atoms with Gasteiger partial charge in [0.15, 0.2) is 6.61 Å². The van der Waals surface area contributed by atoms with Gasteiger partial charge in [0.2, 0.25) is 11.7 Å². The number of ether oxygens (including phenoxy) is 1. The number of aromatic amines is 1. The number of ketones is 1. The summed E-state index contributed by atoms with van der Waals surface area (Å²) in [5.74, 6) is -1.46. The van der Waals surface area contributed by atoms with Crippen molar-refractivity contribution in [3.8, 4) is 0 Å². The van der Waals surface area contributed by atoms with Crippen LogP contribution in [0.5, 0.6) is 0 Å². The summed E-state index contributed by atoms with van der Waals surface area (Å²) in [4.78, 5) is 41.9. The summed E-state index contributed by atoms with van der Waals surface area (Å²) < 4.78 is 5.25. The lowest BCUT2D eigenvalue weighted by Gasteiger charge is -2.17. The minimum Gasteiger partial charge on any atom is -0.457 e. The molecular formula is C23H22N2O4. The SMILES string of the molecule is CCc1ccc(N2C[C@@H](C(=O)OCC(=O)c3c[nH]c4ccccc34)CC2=O)cc1. The highest BCUT2D eigenvalue weighted by Gasteiger charge is 2.36. The minimum atomic E-state index is -0.566. The van der Waals surface area contributed by atoms with E-state index in [0.29, 0.717) is 5.56 Å². The molecule has 1 fully saturated rings. The van der Waals surface area contributed by atoms with Gasteiger partial charge in [0.25, 0.3) is 0 Å². The van der Waals surface area contributed by atoms with Crippen molar-refractivity contribution in [3.63, 3.8) is 0 Å². The van der Waals surface area contributed by atoms with Crippen molar-refractivity contribution in [2.75, 3.05) is 18.1 Å². The Balaban J connectivity index is 1.37. The number of rotatable bonds is 6. The molecule has 1 saturated heterocycles. The van der Waals surface area contributed by atoms with Gasteiger partial charge in [-0.2, -0.15) is 0 Å². The molecule has 4 rings (SSSR count). The van der Waals surface area contributed by atoms with Gasteiger partial charge in [-0.25, -0.2) is 0 Å². The Kier molecular flexibility index (Phi) is 5.16. The Hall–Kier alpha value is -3.41. The summed E-state index contributed by atoms with van der Waals surface area (Å²) >= 11 is 0. The lowest BCUT2D eigenvalue weighted by Crippen LogP contribution is -2.27. The van der Waals surface area contributed by atoms with E-state index in [1.54, 1.807) is 11.1 Å². The van der Waals surface area contributed by atoms with Gasteiger partial charge in [-0.1, -0.05) is 37.3 Å². The van der Waals surface area contributed by atoms with E-state index < -0.39 is 11.9 Å². The number of esters is 1. The van der Waals surface area contributed by atoms with Gasteiger partial charge >= 0.3 is 5.97 Å². The molecule has 1 amide bonds. The first-order valence-corrected chi connectivity index (χ1v) is 9.72. The number of carbonyl (C=O) groups is 3. The fourth-order valence-electron chi connectivity index (χ4n) is 3.66. The number of amides is 1. The van der Waals surface area contributed by atoms with Crippen LogP contribution in [0.25, 0.3) is 10.9 Å². The number of fused-ring (bicyclic) bond motifs is 1. The topological polar surface area (TPSA) is 79.5 Å². The Morgan fingerprint density at radius 1 is 1.14 bits per heavy atom. The number of Topliss-reactive ketones (excluding diaryl/α,β-unsaturated/α-hetero) is 1. The molecule has 6 nitrogen and oxygen atoms in total. The standard InChI is InChI=1S/C23H22N2O4/c1-2-15-7-9-17(10-8-15)25-13-16(11-22(25)27)23(28)29-14-21(26)19-12-24-20-6-4-3-5-18(19)20/h3-10,12,16,24H,2,11,13-14H2,1H3/t16-/m0/s1. The van der Waals surface area contributed by atoms with Gasteiger partial charge in [-0.3, -0.25) is 14.4 Å². The molecule has 29 heavy (non-hydrogen) atoms. The van der Waals surface area contributed by atoms with Crippen molar-refractivity contribution in [1.29, 1.82) is 0 Å². The van der Waals surface area contributed by atoms with E-state index in [-0.39, 0.29) is 31.3 Å². The number of carbonyl (C=O) groups excluding carboxylic acids is 3. The summed E-state index contributed by atoms with van der Waals surface area (Å²) in [7, 11) is 0. The van der Waals surface area contributed by atoms with Crippen LogP contribution in [0.4, 0.5) is 5.69 Å². The minimum absolute atomic E-state index is 0.0929. The second-order valence-corrected chi connectivity index (χ2v) is 7.20. The average molecular weight is 390 g/mol. The molecule has 1 aliphatic rings. The number of hydrogen-bond acceptors (Lipinski definition) is 4. The highest BCUT2D eigenvalue weighted by Crippen LogP contribution is 2.26. The lowest BCUT2D eigenvalue weighted by molar-refractivity contribution is -0.147. The van der Waals surface area contributed by atoms with Gasteiger partial charge in [0.1, 0.15) is 0 Å². The average Bonchev–Trinajstić information content (AvgIpc) is 3.35. The van der Waals surface area contributed by atoms with Gasteiger partial charge in [-0.15, -0.1) is 0 Å². The molecule has 0 bridgehead atoms. The van der Waals surface area contributed by atoms with E-state index in [1.807, 2.05) is 48.5 Å². The molecule has 0 unspecified atom stereocenters. The van der Waals surface area contributed by atoms with E-state index in [1.165, 1.54) is 5.56 Å². The summed E-state index contributed by atoms with van der Waals surface area (Å²) in [6.45, 7) is 2.00. The molecule has 1 N–H and O–H groups in total. The molecule has 1 aromatic heterocycles. The number of aryl methyl sites for hydroxylation is 1. The largest absolute Gasteiger partial charge is 0.457 e. The molecule has 2 aromatic carbocycles. The molecular weight excluding hydrogens is 368 g/mol. The molecule has 2 heterocycles. The predicted molar refractivity (Wildman–Crippen MR) is 110 cm³/mol. The first-order valence-electron chi connectivity index (χ1n) is 9.72. The molecule has 3 aromatic rings. The Labute approximate surface area is 168 Å². The number of para-hydroxylation sites is 1. The van der Waals surface area contributed by atoms with Crippen LogP contribution in [0.1, 0.15) is 29.3 Å². The highest BCUT2D eigenvalue weighted by atomic mass is 16.5. The number of anilines is 1. The monoisotopic (exact) mass is 390 g/mol. The molecule has 148 valence electrons. The van der Waals surface area contributed by atoms with E-state index in [0.717, 1.165) is 23.0 Å². The second kappa shape index (κ2) is 7.91. The van der Waals surface area contributed by atoms with Crippen LogP contribution in [-0.4, -0.2) is 35.8 Å². The van der Waals surface area contributed by atoms with Crippen LogP contribution in [0.15, 0.2) is 54.7 Å². The third-order valence-corrected chi connectivity index (χ3v) is 5.35. The zero-order chi connectivity index (χ0) is 20.4. The summed E-state index contributed by atoms with van der Waals surface area (Å²) in [6, 6.07) is 15.2. The number of H-pyrrole nitrogens is 1. The number of nitrogens with zero attached hydrogens (tertiary/aromatic N) is 1. The van der Waals surface area contributed by atoms with E-state index >= 15 is 0 Å². The highest BCUT2D eigenvalue weighted by molar-refractivity contribution is 6.09. The number of benzene rings is 2. The summed E-state index contributed by atoms with van der Waals surface area (Å²) in [6.07, 6.45) is 2.64. The number of hydrogen-bond donors (Lipinski definition) is 1. The molecule has 6 heteroatoms. The zero-order valence-electron chi connectivity index (χ0n) is 16.2. The quantitative estimate of drug-likeness (QED) is 0.516. The van der Waals surface area contributed by atoms with Crippen LogP contribution < -0.4 is 4.90 Å². The van der Waals surface area contributed by atoms with Crippen LogP contribution in [-0.2, 0) is 20.7 Å². The van der Waals surface area contributed by atoms with Crippen LogP contribution in [0.2, 0.25) is 0 Å². The maximum atomic E-state index is 12.5. The smallest absolute Gasteiger partial charge is 0.311 e. The van der Waals surface area contributed by atoms with Crippen LogP contribution in [0.3, 0.4) is 0 Å². The molecule has 1 atom stereocenters. The van der Waals surface area contributed by atoms with Crippen LogP contribution >= 0.6 is 0 Å². The van der Waals surface area contributed by atoms with Gasteiger partial charge in [-0.05, 0) is 30.2 Å². The van der Waals surface area contributed by atoms with Crippen LogP contribution in [0, 0.1) is 5.92 Å². The number of nitrogens with one attached hydrogen (secondary N) is 1. The van der Waals surface area contributed by atoms with E-state index in [9.17, 15) is 14.4 Å². The van der Waals surface area contributed by atoms with Crippen molar-refractivity contribution in [2.24, 2.45) is 5.92 Å².